The summed E-state index contributed by atoms with van der Waals surface area (Å²) in [7, 11) is 0. The van der Waals surface area contributed by atoms with Gasteiger partial charge >= 0.3 is 6.18 Å². The third kappa shape index (κ3) is 4.58. The number of alkyl halides is 3. The molecule has 0 saturated heterocycles. The van der Waals surface area contributed by atoms with Gasteiger partial charge in [-0.3, -0.25) is 4.68 Å². The Kier molecular flexibility index (Phi) is 5.31. The van der Waals surface area contributed by atoms with Gasteiger partial charge in [-0.2, -0.15) is 18.3 Å². The maximum absolute atomic E-state index is 12.3. The average Bonchev–Trinajstić information content (AvgIpc) is 2.60. The van der Waals surface area contributed by atoms with E-state index in [1.165, 1.54) is 4.68 Å². The first-order chi connectivity index (χ1) is 7.95. The fraction of sp³-hybridized carbons (Fsp3) is 0.727. The minimum absolute atomic E-state index is 0.0489. The summed E-state index contributed by atoms with van der Waals surface area (Å²) < 4.78 is 38.2. The van der Waals surface area contributed by atoms with Gasteiger partial charge in [0.25, 0.3) is 0 Å². The summed E-state index contributed by atoms with van der Waals surface area (Å²) >= 11 is 5.69. The molecule has 1 rings (SSSR count). The van der Waals surface area contributed by atoms with Crippen LogP contribution in [0.3, 0.4) is 0 Å². The number of hydrogen-bond donors (Lipinski definition) is 0. The van der Waals surface area contributed by atoms with Gasteiger partial charge < -0.3 is 0 Å². The predicted molar refractivity (Wildman–Crippen MR) is 61.0 cm³/mol. The molecule has 6 heteroatoms. The van der Waals surface area contributed by atoms with Crippen molar-refractivity contribution in [3.05, 3.63) is 16.9 Å². The lowest BCUT2D eigenvalue weighted by molar-refractivity contribution is -0.141. The summed E-state index contributed by atoms with van der Waals surface area (Å²) in [6.45, 7) is 2.55. The highest BCUT2D eigenvalue weighted by Crippen LogP contribution is 2.29. The Morgan fingerprint density at radius 1 is 1.24 bits per heavy atom. The van der Waals surface area contributed by atoms with Crippen molar-refractivity contribution in [3.8, 4) is 0 Å². The van der Waals surface area contributed by atoms with Crippen molar-refractivity contribution >= 4 is 11.6 Å². The molecule has 0 aromatic carbocycles. The molecule has 1 heterocycles. The molecular weight excluding hydrogens is 253 g/mol. The van der Waals surface area contributed by atoms with Gasteiger partial charge in [0.15, 0.2) is 5.69 Å². The molecule has 0 atom stereocenters. The van der Waals surface area contributed by atoms with Gasteiger partial charge in [0.2, 0.25) is 0 Å². The van der Waals surface area contributed by atoms with Crippen molar-refractivity contribution < 1.29 is 13.2 Å². The molecule has 0 radical (unpaired) electrons. The van der Waals surface area contributed by atoms with E-state index in [2.05, 4.69) is 12.0 Å². The van der Waals surface area contributed by atoms with Crippen LogP contribution >= 0.6 is 11.6 Å². The van der Waals surface area contributed by atoms with E-state index in [-0.39, 0.29) is 5.15 Å². The van der Waals surface area contributed by atoms with Crippen LogP contribution in [-0.2, 0) is 12.7 Å². The van der Waals surface area contributed by atoms with Crippen molar-refractivity contribution in [2.45, 2.75) is 51.7 Å². The maximum atomic E-state index is 12.3. The zero-order valence-electron chi connectivity index (χ0n) is 9.73. The zero-order chi connectivity index (χ0) is 12.9. The number of nitrogens with zero attached hydrogens (tertiary/aromatic N) is 2. The van der Waals surface area contributed by atoms with Crippen LogP contribution in [0.2, 0.25) is 5.15 Å². The molecule has 1 aromatic rings. The van der Waals surface area contributed by atoms with Crippen LogP contribution in [0.25, 0.3) is 0 Å². The molecule has 0 spiro atoms. The van der Waals surface area contributed by atoms with E-state index >= 15 is 0 Å². The van der Waals surface area contributed by atoms with E-state index in [1.807, 2.05) is 0 Å². The molecular formula is C11H16ClF3N2. The number of aromatic nitrogens is 2. The highest BCUT2D eigenvalue weighted by Gasteiger charge is 2.34. The Morgan fingerprint density at radius 2 is 1.88 bits per heavy atom. The topological polar surface area (TPSA) is 17.8 Å². The summed E-state index contributed by atoms with van der Waals surface area (Å²) in [6.07, 6.45) is 0.768. The molecule has 0 N–H and O–H groups in total. The number of hydrogen-bond acceptors (Lipinski definition) is 1. The summed E-state index contributed by atoms with van der Waals surface area (Å²) in [4.78, 5) is 0. The average molecular weight is 269 g/mol. The SMILES string of the molecule is CCCCCCCn1nc(C(F)(F)F)cc1Cl. The number of halogens is 4. The van der Waals surface area contributed by atoms with Crippen molar-refractivity contribution in [1.82, 2.24) is 9.78 Å². The summed E-state index contributed by atoms with van der Waals surface area (Å²) in [5.41, 5.74) is -0.920. The lowest BCUT2D eigenvalue weighted by atomic mass is 10.1. The quantitative estimate of drug-likeness (QED) is 0.693. The van der Waals surface area contributed by atoms with Crippen molar-refractivity contribution in [2.24, 2.45) is 0 Å². The monoisotopic (exact) mass is 268 g/mol. The second kappa shape index (κ2) is 6.28. The summed E-state index contributed by atoms with van der Waals surface area (Å²) in [5, 5.41) is 3.51. The van der Waals surface area contributed by atoms with E-state index in [9.17, 15) is 13.2 Å². The highest BCUT2D eigenvalue weighted by molar-refractivity contribution is 6.29. The molecule has 0 aliphatic heterocycles. The molecule has 17 heavy (non-hydrogen) atoms. The predicted octanol–water partition coefficient (Wildman–Crippen LogP) is 4.53. The minimum Gasteiger partial charge on any atom is -0.253 e. The van der Waals surface area contributed by atoms with Gasteiger partial charge in [-0.05, 0) is 6.42 Å². The molecule has 98 valence electrons. The van der Waals surface area contributed by atoms with Crippen molar-refractivity contribution in [2.75, 3.05) is 0 Å². The summed E-state index contributed by atoms with van der Waals surface area (Å²) in [5.74, 6) is 0. The molecule has 0 fully saturated rings. The normalized spacial score (nSPS) is 12.1. The van der Waals surface area contributed by atoms with Gasteiger partial charge in [-0.25, -0.2) is 0 Å². The second-order valence-corrected chi connectivity index (χ2v) is 4.37. The molecule has 0 saturated carbocycles. The fourth-order valence-electron chi connectivity index (χ4n) is 1.55. The first-order valence-corrected chi connectivity index (χ1v) is 6.13. The third-order valence-corrected chi connectivity index (χ3v) is 2.80. The van der Waals surface area contributed by atoms with E-state index < -0.39 is 11.9 Å². The van der Waals surface area contributed by atoms with E-state index in [0.29, 0.717) is 6.54 Å². The molecule has 0 bridgehead atoms. The molecule has 0 unspecified atom stereocenters. The Labute approximate surface area is 104 Å². The van der Waals surface area contributed by atoms with Crippen LogP contribution in [0.15, 0.2) is 6.07 Å². The smallest absolute Gasteiger partial charge is 0.253 e. The number of aryl methyl sites for hydroxylation is 1. The van der Waals surface area contributed by atoms with Crippen LogP contribution in [-0.4, -0.2) is 9.78 Å². The van der Waals surface area contributed by atoms with Gasteiger partial charge in [0.1, 0.15) is 5.15 Å². The zero-order valence-corrected chi connectivity index (χ0v) is 10.5. The van der Waals surface area contributed by atoms with Gasteiger partial charge in [-0.1, -0.05) is 44.2 Å². The Morgan fingerprint density at radius 3 is 2.41 bits per heavy atom. The lowest BCUT2D eigenvalue weighted by Gasteiger charge is -2.03. The molecule has 1 aromatic heterocycles. The van der Waals surface area contributed by atoms with Crippen molar-refractivity contribution in [1.29, 1.82) is 0 Å². The first-order valence-electron chi connectivity index (χ1n) is 5.75. The van der Waals surface area contributed by atoms with E-state index in [0.717, 1.165) is 38.2 Å². The molecule has 0 amide bonds. The summed E-state index contributed by atoms with van der Waals surface area (Å²) in [6, 6.07) is 0.869. The van der Waals surface area contributed by atoms with Gasteiger partial charge in [-0.15, -0.1) is 0 Å². The highest BCUT2D eigenvalue weighted by atomic mass is 35.5. The number of unbranched alkanes of at least 4 members (excludes halogenated alkanes) is 4. The van der Waals surface area contributed by atoms with Gasteiger partial charge in [0, 0.05) is 12.6 Å². The van der Waals surface area contributed by atoms with Crippen LogP contribution in [0.4, 0.5) is 13.2 Å². The fourth-order valence-corrected chi connectivity index (χ4v) is 1.78. The van der Waals surface area contributed by atoms with Crippen LogP contribution < -0.4 is 0 Å². The maximum Gasteiger partial charge on any atom is 0.435 e. The molecule has 0 aliphatic rings. The second-order valence-electron chi connectivity index (χ2n) is 3.99. The molecule has 0 aliphatic carbocycles. The lowest BCUT2D eigenvalue weighted by Crippen LogP contribution is -2.08. The van der Waals surface area contributed by atoms with Crippen LogP contribution in [0.5, 0.6) is 0 Å². The van der Waals surface area contributed by atoms with Crippen LogP contribution in [0.1, 0.15) is 44.7 Å². The Balaban J connectivity index is 2.46. The van der Waals surface area contributed by atoms with Crippen LogP contribution in [0, 0.1) is 0 Å². The van der Waals surface area contributed by atoms with E-state index in [1.54, 1.807) is 0 Å². The van der Waals surface area contributed by atoms with Gasteiger partial charge in [0.05, 0.1) is 0 Å². The first kappa shape index (κ1) is 14.4. The minimum atomic E-state index is -4.42. The molecule has 2 nitrogen and oxygen atoms in total. The largest absolute Gasteiger partial charge is 0.435 e. The Bertz CT molecular complexity index is 347. The third-order valence-electron chi connectivity index (χ3n) is 2.49. The van der Waals surface area contributed by atoms with E-state index in [4.69, 9.17) is 11.6 Å². The Hall–Kier alpha value is -0.710. The number of rotatable bonds is 6. The van der Waals surface area contributed by atoms with Crippen molar-refractivity contribution in [3.63, 3.8) is 0 Å². The standard InChI is InChI=1S/C11H16ClF3N2/c1-2-3-4-5-6-7-17-10(12)8-9(16-17)11(13,14)15/h8H,2-7H2,1H3.